The normalized spacial score (nSPS) is 12.6. The van der Waals surface area contributed by atoms with E-state index >= 15 is 0 Å². The Hall–Kier alpha value is -1.69. The molecule has 2 N–H and O–H groups in total. The number of hydrogen-bond acceptors (Lipinski definition) is 5. The molecule has 0 saturated carbocycles. The number of fused-ring (bicyclic) bond motifs is 1. The van der Waals surface area contributed by atoms with Crippen LogP contribution in [-0.2, 0) is 11.2 Å². The lowest BCUT2D eigenvalue weighted by Gasteiger charge is -2.11. The Bertz CT molecular complexity index is 594. The number of anilines is 1. The molecule has 0 aliphatic rings. The zero-order chi connectivity index (χ0) is 13.3. The fourth-order valence-electron chi connectivity index (χ4n) is 1.62. The molecule has 2 rings (SSSR count). The predicted octanol–water partition coefficient (Wildman–Crippen LogP) is 2.45. The molecular weight excluding hydrogens is 250 g/mol. The summed E-state index contributed by atoms with van der Waals surface area (Å²) in [5, 5.41) is 12.8. The zero-order valence-corrected chi connectivity index (χ0v) is 11.3. The summed E-state index contributed by atoms with van der Waals surface area (Å²) in [5.41, 5.74) is 0. The molecule has 0 aliphatic carbocycles. The van der Waals surface area contributed by atoms with Crippen LogP contribution in [0.1, 0.15) is 24.5 Å². The third-order valence-electron chi connectivity index (χ3n) is 2.60. The van der Waals surface area contributed by atoms with E-state index < -0.39 is 12.0 Å². The highest BCUT2D eigenvalue weighted by Gasteiger charge is 2.15. The van der Waals surface area contributed by atoms with Crippen LogP contribution in [0.5, 0.6) is 0 Å². The van der Waals surface area contributed by atoms with E-state index in [1.54, 1.807) is 18.3 Å². The van der Waals surface area contributed by atoms with Gasteiger partial charge in [0, 0.05) is 11.3 Å². The van der Waals surface area contributed by atoms with Crippen LogP contribution >= 0.6 is 11.3 Å². The van der Waals surface area contributed by atoms with Crippen LogP contribution in [0.4, 0.5) is 5.82 Å². The first kappa shape index (κ1) is 12.8. The maximum atomic E-state index is 10.9. The van der Waals surface area contributed by atoms with Crippen LogP contribution in [-0.4, -0.2) is 27.1 Å². The number of carbonyl (C=O) groups is 1. The lowest BCUT2D eigenvalue weighted by atomic mass is 10.3. The number of nitrogens with one attached hydrogen (secondary N) is 1. The molecule has 0 radical (unpaired) electrons. The third-order valence-corrected chi connectivity index (χ3v) is 3.55. The van der Waals surface area contributed by atoms with Gasteiger partial charge in [-0.05, 0) is 19.9 Å². The highest BCUT2D eigenvalue weighted by molar-refractivity contribution is 7.18. The minimum Gasteiger partial charge on any atom is -0.480 e. The molecule has 18 heavy (non-hydrogen) atoms. The Morgan fingerprint density at radius 1 is 1.56 bits per heavy atom. The van der Waals surface area contributed by atoms with E-state index in [-0.39, 0.29) is 0 Å². The minimum absolute atomic E-state index is 0.608. The van der Waals surface area contributed by atoms with Gasteiger partial charge in [0.1, 0.15) is 22.5 Å². The van der Waals surface area contributed by atoms with E-state index in [1.807, 2.05) is 19.9 Å². The molecular formula is C12H15N3O2S. The quantitative estimate of drug-likeness (QED) is 0.888. The summed E-state index contributed by atoms with van der Waals surface area (Å²) in [6.45, 7) is 5.58. The van der Waals surface area contributed by atoms with Gasteiger partial charge in [0.25, 0.3) is 0 Å². The molecule has 1 atom stereocenters. The lowest BCUT2D eigenvalue weighted by molar-refractivity contribution is -0.137. The van der Waals surface area contributed by atoms with E-state index in [9.17, 15) is 4.79 Å². The van der Waals surface area contributed by atoms with Crippen molar-refractivity contribution in [1.82, 2.24) is 9.97 Å². The molecule has 0 spiro atoms. The Kier molecular flexibility index (Phi) is 3.47. The number of carboxylic acid groups (broad SMARTS) is 1. The number of rotatable bonds is 4. The highest BCUT2D eigenvalue weighted by atomic mass is 32.1. The van der Waals surface area contributed by atoms with Crippen LogP contribution in [0.15, 0.2) is 6.07 Å². The maximum Gasteiger partial charge on any atom is 0.325 e. The van der Waals surface area contributed by atoms with E-state index in [2.05, 4.69) is 15.3 Å². The minimum atomic E-state index is -0.897. The van der Waals surface area contributed by atoms with Crippen molar-refractivity contribution >= 4 is 33.3 Å². The SMILES string of the molecule is CCc1nc(NC(C)C(=O)O)c2cc(C)sc2n1. The number of aryl methyl sites for hydroxylation is 2. The highest BCUT2D eigenvalue weighted by Crippen LogP contribution is 2.28. The molecule has 0 amide bonds. The molecule has 0 saturated heterocycles. The molecule has 2 aromatic rings. The Morgan fingerprint density at radius 2 is 2.28 bits per heavy atom. The second-order valence-electron chi connectivity index (χ2n) is 4.12. The second-order valence-corrected chi connectivity index (χ2v) is 5.36. The molecule has 0 aliphatic heterocycles. The topological polar surface area (TPSA) is 75.1 Å². The van der Waals surface area contributed by atoms with Crippen LogP contribution in [0, 0.1) is 6.92 Å². The summed E-state index contributed by atoms with van der Waals surface area (Å²) in [7, 11) is 0. The largest absolute Gasteiger partial charge is 0.480 e. The summed E-state index contributed by atoms with van der Waals surface area (Å²) in [5.74, 6) is 0.437. The van der Waals surface area contributed by atoms with Crippen molar-refractivity contribution in [3.63, 3.8) is 0 Å². The molecule has 96 valence electrons. The van der Waals surface area contributed by atoms with Crippen LogP contribution in [0.2, 0.25) is 0 Å². The van der Waals surface area contributed by atoms with Crippen molar-refractivity contribution in [2.24, 2.45) is 0 Å². The molecule has 2 aromatic heterocycles. The van der Waals surface area contributed by atoms with Gasteiger partial charge in [0.15, 0.2) is 0 Å². The molecule has 5 nitrogen and oxygen atoms in total. The number of thiophene rings is 1. The summed E-state index contributed by atoms with van der Waals surface area (Å²) >= 11 is 1.59. The lowest BCUT2D eigenvalue weighted by Crippen LogP contribution is -2.26. The Labute approximate surface area is 109 Å². The van der Waals surface area contributed by atoms with Crippen molar-refractivity contribution in [3.8, 4) is 0 Å². The number of carboxylic acids is 1. The average molecular weight is 265 g/mol. The molecule has 0 aromatic carbocycles. The monoisotopic (exact) mass is 265 g/mol. The van der Waals surface area contributed by atoms with E-state index in [1.165, 1.54) is 0 Å². The fraction of sp³-hybridized carbons (Fsp3) is 0.417. The predicted molar refractivity (Wildman–Crippen MR) is 72.3 cm³/mol. The van der Waals surface area contributed by atoms with Crippen LogP contribution < -0.4 is 5.32 Å². The van der Waals surface area contributed by atoms with E-state index in [0.29, 0.717) is 5.82 Å². The number of hydrogen-bond donors (Lipinski definition) is 2. The molecule has 0 fully saturated rings. The fourth-order valence-corrected chi connectivity index (χ4v) is 2.52. The first-order valence-corrected chi connectivity index (χ1v) is 6.59. The number of aliphatic carboxylic acids is 1. The van der Waals surface area contributed by atoms with Crippen LogP contribution in [0.3, 0.4) is 0 Å². The molecule has 1 unspecified atom stereocenters. The molecule has 2 heterocycles. The van der Waals surface area contributed by atoms with Gasteiger partial charge in [-0.3, -0.25) is 4.79 Å². The Balaban J connectivity index is 2.49. The van der Waals surface area contributed by atoms with Gasteiger partial charge in [-0.25, -0.2) is 9.97 Å². The smallest absolute Gasteiger partial charge is 0.325 e. The first-order valence-electron chi connectivity index (χ1n) is 5.77. The maximum absolute atomic E-state index is 10.9. The second kappa shape index (κ2) is 4.89. The zero-order valence-electron chi connectivity index (χ0n) is 10.5. The van der Waals surface area contributed by atoms with Crippen LogP contribution in [0.25, 0.3) is 10.2 Å². The van der Waals surface area contributed by atoms with Crippen molar-refractivity contribution in [2.75, 3.05) is 5.32 Å². The molecule has 0 bridgehead atoms. The van der Waals surface area contributed by atoms with Crippen molar-refractivity contribution in [3.05, 3.63) is 16.8 Å². The van der Waals surface area contributed by atoms with Gasteiger partial charge in [-0.15, -0.1) is 11.3 Å². The van der Waals surface area contributed by atoms with Gasteiger partial charge in [-0.2, -0.15) is 0 Å². The van der Waals surface area contributed by atoms with Crippen molar-refractivity contribution in [2.45, 2.75) is 33.2 Å². The van der Waals surface area contributed by atoms with Gasteiger partial charge in [-0.1, -0.05) is 6.92 Å². The third kappa shape index (κ3) is 2.43. The van der Waals surface area contributed by atoms with E-state index in [0.717, 1.165) is 27.3 Å². The Morgan fingerprint density at radius 3 is 2.89 bits per heavy atom. The summed E-state index contributed by atoms with van der Waals surface area (Å²) in [4.78, 5) is 21.8. The van der Waals surface area contributed by atoms with Gasteiger partial charge in [0.05, 0.1) is 5.39 Å². The average Bonchev–Trinajstić information content (AvgIpc) is 2.69. The van der Waals surface area contributed by atoms with Gasteiger partial charge in [0.2, 0.25) is 0 Å². The first-order chi connectivity index (χ1) is 8.51. The van der Waals surface area contributed by atoms with Gasteiger partial charge >= 0.3 is 5.97 Å². The number of nitrogens with zero attached hydrogens (tertiary/aromatic N) is 2. The van der Waals surface area contributed by atoms with Crippen molar-refractivity contribution in [1.29, 1.82) is 0 Å². The molecule has 6 heteroatoms. The standard InChI is InChI=1S/C12H15N3O2S/c1-4-9-14-10(13-7(3)12(16)17)8-5-6(2)18-11(8)15-9/h5,7H,4H2,1-3H3,(H,16,17)(H,13,14,15). The van der Waals surface area contributed by atoms with Crippen molar-refractivity contribution < 1.29 is 9.90 Å². The number of aromatic nitrogens is 2. The summed E-state index contributed by atoms with van der Waals surface area (Å²) in [6, 6.07) is 1.31. The summed E-state index contributed by atoms with van der Waals surface area (Å²) < 4.78 is 0. The summed E-state index contributed by atoms with van der Waals surface area (Å²) in [6.07, 6.45) is 0.725. The van der Waals surface area contributed by atoms with Gasteiger partial charge < -0.3 is 10.4 Å². The van der Waals surface area contributed by atoms with E-state index in [4.69, 9.17) is 5.11 Å².